The van der Waals surface area contributed by atoms with E-state index in [1.165, 1.54) is 12.0 Å². The first-order valence-corrected chi connectivity index (χ1v) is 7.76. The van der Waals surface area contributed by atoms with Crippen molar-refractivity contribution in [1.82, 2.24) is 9.88 Å². The lowest BCUT2D eigenvalue weighted by atomic mass is 10.0. The van der Waals surface area contributed by atoms with Gasteiger partial charge in [-0.15, -0.1) is 0 Å². The topological polar surface area (TPSA) is 45.4 Å². The smallest absolute Gasteiger partial charge is 0.132 e. The molecule has 2 atom stereocenters. The van der Waals surface area contributed by atoms with Crippen molar-refractivity contribution < 1.29 is 0 Å². The molecule has 0 spiro atoms. The maximum atomic E-state index is 6.14. The van der Waals surface area contributed by atoms with Crippen molar-refractivity contribution in [3.63, 3.8) is 0 Å². The number of rotatable bonds is 4. The first kappa shape index (κ1) is 15.3. The fourth-order valence-corrected chi connectivity index (χ4v) is 2.96. The summed E-state index contributed by atoms with van der Waals surface area (Å²) in [6.45, 7) is 7.77. The zero-order valence-electron chi connectivity index (χ0n) is 13.0. The molecule has 4 nitrogen and oxygen atoms in total. The lowest BCUT2D eigenvalue weighted by Crippen LogP contribution is -2.39. The number of likely N-dealkylation sites (N-methyl/N-ethyl adjacent to an activating group) is 1. The number of anilines is 1. The van der Waals surface area contributed by atoms with Crippen molar-refractivity contribution in [3.05, 3.63) is 23.9 Å². The second-order valence-corrected chi connectivity index (χ2v) is 6.02. The van der Waals surface area contributed by atoms with Crippen LogP contribution in [0.5, 0.6) is 0 Å². The van der Waals surface area contributed by atoms with Gasteiger partial charge in [-0.3, -0.25) is 0 Å². The number of hydrogen-bond acceptors (Lipinski definition) is 4. The van der Waals surface area contributed by atoms with Crippen LogP contribution in [0, 0.1) is 0 Å². The molecule has 1 aromatic rings. The van der Waals surface area contributed by atoms with Crippen molar-refractivity contribution >= 4 is 5.82 Å². The van der Waals surface area contributed by atoms with Gasteiger partial charge < -0.3 is 15.5 Å². The summed E-state index contributed by atoms with van der Waals surface area (Å²) in [5.74, 6) is 1.14. The summed E-state index contributed by atoms with van der Waals surface area (Å²) in [6, 6.07) is 4.92. The predicted octanol–water partition coefficient (Wildman–Crippen LogP) is 1.89. The highest BCUT2D eigenvalue weighted by Gasteiger charge is 2.23. The minimum Gasteiger partial charge on any atom is -0.352 e. The highest BCUT2D eigenvalue weighted by atomic mass is 15.3. The molecule has 0 bridgehead atoms. The van der Waals surface area contributed by atoms with Crippen molar-refractivity contribution in [2.45, 2.75) is 45.2 Å². The van der Waals surface area contributed by atoms with Gasteiger partial charge in [0, 0.05) is 31.4 Å². The molecular formula is C16H28N4. The first-order valence-electron chi connectivity index (χ1n) is 7.76. The third kappa shape index (κ3) is 3.70. The Labute approximate surface area is 123 Å². The Bertz CT molecular complexity index is 421. The zero-order valence-corrected chi connectivity index (χ0v) is 13.0. The van der Waals surface area contributed by atoms with E-state index >= 15 is 0 Å². The Morgan fingerprint density at radius 1 is 1.45 bits per heavy atom. The van der Waals surface area contributed by atoms with Crippen LogP contribution in [0.3, 0.4) is 0 Å². The molecule has 2 heterocycles. The number of hydrogen-bond donors (Lipinski definition) is 1. The molecule has 4 heteroatoms. The SMILES string of the molecule is CCC(N)Cc1cccnc1N1CCCN(C)CC1C. The summed E-state index contributed by atoms with van der Waals surface area (Å²) in [7, 11) is 2.20. The fraction of sp³-hybridized carbons (Fsp3) is 0.688. The second-order valence-electron chi connectivity index (χ2n) is 6.02. The van der Waals surface area contributed by atoms with E-state index in [1.807, 2.05) is 12.3 Å². The molecule has 0 aliphatic carbocycles. The van der Waals surface area contributed by atoms with Crippen LogP contribution in [0.4, 0.5) is 5.82 Å². The van der Waals surface area contributed by atoms with Gasteiger partial charge in [-0.1, -0.05) is 13.0 Å². The minimum atomic E-state index is 0.225. The lowest BCUT2D eigenvalue weighted by Gasteiger charge is -2.31. The molecule has 0 saturated carbocycles. The van der Waals surface area contributed by atoms with Gasteiger partial charge in [-0.2, -0.15) is 0 Å². The Kier molecular flexibility index (Phi) is 5.38. The first-order chi connectivity index (χ1) is 9.61. The lowest BCUT2D eigenvalue weighted by molar-refractivity contribution is 0.337. The van der Waals surface area contributed by atoms with Gasteiger partial charge in [0.1, 0.15) is 5.82 Å². The van der Waals surface area contributed by atoms with E-state index in [0.717, 1.165) is 38.3 Å². The van der Waals surface area contributed by atoms with Crippen LogP contribution in [-0.2, 0) is 6.42 Å². The zero-order chi connectivity index (χ0) is 14.5. The summed E-state index contributed by atoms with van der Waals surface area (Å²) < 4.78 is 0. The standard InChI is InChI=1S/C16H28N4/c1-4-15(17)11-14-7-5-8-18-16(14)20-10-6-9-19(3)12-13(20)2/h5,7-8,13,15H,4,6,9-12,17H2,1-3H3. The van der Waals surface area contributed by atoms with E-state index in [0.29, 0.717) is 6.04 Å². The van der Waals surface area contributed by atoms with Gasteiger partial charge in [0.25, 0.3) is 0 Å². The molecule has 112 valence electrons. The molecule has 2 rings (SSSR count). The maximum absolute atomic E-state index is 6.14. The predicted molar refractivity (Wildman–Crippen MR) is 85.1 cm³/mol. The third-order valence-electron chi connectivity index (χ3n) is 4.19. The van der Waals surface area contributed by atoms with Crippen LogP contribution in [-0.4, -0.2) is 48.6 Å². The molecule has 1 aliphatic rings. The highest BCUT2D eigenvalue weighted by Crippen LogP contribution is 2.23. The molecule has 2 unspecified atom stereocenters. The molecule has 0 amide bonds. The Morgan fingerprint density at radius 3 is 3.00 bits per heavy atom. The highest BCUT2D eigenvalue weighted by molar-refractivity contribution is 5.48. The summed E-state index contributed by atoms with van der Waals surface area (Å²) in [5.41, 5.74) is 7.43. The van der Waals surface area contributed by atoms with Crippen LogP contribution in [0.25, 0.3) is 0 Å². The molecule has 1 aromatic heterocycles. The van der Waals surface area contributed by atoms with Gasteiger partial charge in [0.05, 0.1) is 0 Å². The minimum absolute atomic E-state index is 0.225. The summed E-state index contributed by atoms with van der Waals surface area (Å²) in [5, 5.41) is 0. The van der Waals surface area contributed by atoms with E-state index in [2.05, 4.69) is 41.7 Å². The van der Waals surface area contributed by atoms with E-state index in [-0.39, 0.29) is 6.04 Å². The molecule has 0 radical (unpaired) electrons. The molecule has 0 aromatic carbocycles. The van der Waals surface area contributed by atoms with Gasteiger partial charge in [-0.25, -0.2) is 4.98 Å². The molecular weight excluding hydrogens is 248 g/mol. The number of pyridine rings is 1. The van der Waals surface area contributed by atoms with E-state index in [1.54, 1.807) is 0 Å². The second kappa shape index (κ2) is 7.04. The molecule has 1 fully saturated rings. The van der Waals surface area contributed by atoms with Gasteiger partial charge in [0.2, 0.25) is 0 Å². The molecule has 1 aliphatic heterocycles. The van der Waals surface area contributed by atoms with Crippen LogP contribution in [0.15, 0.2) is 18.3 Å². The third-order valence-corrected chi connectivity index (χ3v) is 4.19. The van der Waals surface area contributed by atoms with Gasteiger partial charge in [0.15, 0.2) is 0 Å². The van der Waals surface area contributed by atoms with Gasteiger partial charge in [-0.05, 0) is 51.4 Å². The molecule has 20 heavy (non-hydrogen) atoms. The molecule has 2 N–H and O–H groups in total. The van der Waals surface area contributed by atoms with Crippen LogP contribution in [0.2, 0.25) is 0 Å². The number of nitrogens with zero attached hydrogens (tertiary/aromatic N) is 3. The number of nitrogens with two attached hydrogens (primary N) is 1. The van der Waals surface area contributed by atoms with Crippen LogP contribution < -0.4 is 10.6 Å². The monoisotopic (exact) mass is 276 g/mol. The largest absolute Gasteiger partial charge is 0.352 e. The van der Waals surface area contributed by atoms with Crippen molar-refractivity contribution in [2.75, 3.05) is 31.6 Å². The summed E-state index contributed by atoms with van der Waals surface area (Å²) in [4.78, 5) is 9.53. The average Bonchev–Trinajstić information content (AvgIpc) is 2.60. The van der Waals surface area contributed by atoms with E-state index < -0.39 is 0 Å². The fourth-order valence-electron chi connectivity index (χ4n) is 2.96. The number of aromatic nitrogens is 1. The Hall–Kier alpha value is -1.13. The maximum Gasteiger partial charge on any atom is 0.132 e. The van der Waals surface area contributed by atoms with Crippen molar-refractivity contribution in [2.24, 2.45) is 5.73 Å². The average molecular weight is 276 g/mol. The Balaban J connectivity index is 2.22. The van der Waals surface area contributed by atoms with Crippen LogP contribution in [0.1, 0.15) is 32.3 Å². The quantitative estimate of drug-likeness (QED) is 0.912. The van der Waals surface area contributed by atoms with Crippen molar-refractivity contribution in [3.8, 4) is 0 Å². The van der Waals surface area contributed by atoms with E-state index in [9.17, 15) is 0 Å². The van der Waals surface area contributed by atoms with E-state index in [4.69, 9.17) is 5.73 Å². The summed E-state index contributed by atoms with van der Waals surface area (Å²) in [6.07, 6.45) is 5.01. The molecule has 1 saturated heterocycles. The van der Waals surface area contributed by atoms with Gasteiger partial charge >= 0.3 is 0 Å². The van der Waals surface area contributed by atoms with Crippen LogP contribution >= 0.6 is 0 Å². The summed E-state index contributed by atoms with van der Waals surface area (Å²) >= 11 is 0. The van der Waals surface area contributed by atoms with Crippen molar-refractivity contribution in [1.29, 1.82) is 0 Å². The Morgan fingerprint density at radius 2 is 2.25 bits per heavy atom. The normalized spacial score (nSPS) is 22.6.